The van der Waals surface area contributed by atoms with Crippen LogP contribution in [0.4, 0.5) is 0 Å². The maximum atomic E-state index is 12.9. The predicted octanol–water partition coefficient (Wildman–Crippen LogP) is 6.19. The molecule has 1 atom stereocenters. The van der Waals surface area contributed by atoms with Gasteiger partial charge in [0.25, 0.3) is 5.91 Å². The lowest BCUT2D eigenvalue weighted by Crippen LogP contribution is -2.60. The van der Waals surface area contributed by atoms with Crippen LogP contribution in [-0.4, -0.2) is 126 Å². The van der Waals surface area contributed by atoms with Gasteiger partial charge in [-0.05, 0) is 74.3 Å². The fourth-order valence-corrected chi connectivity index (χ4v) is 8.78. The van der Waals surface area contributed by atoms with Gasteiger partial charge in [0.15, 0.2) is 0 Å². The minimum absolute atomic E-state index is 0.0154. The summed E-state index contributed by atoms with van der Waals surface area (Å²) in [6.45, 7) is 11.8. The lowest BCUT2D eigenvalue weighted by atomic mass is 9.88. The van der Waals surface area contributed by atoms with Gasteiger partial charge in [-0.3, -0.25) is 14.6 Å². The summed E-state index contributed by atoms with van der Waals surface area (Å²) in [7, 11) is 0. The molecule has 3 aromatic carbocycles. The number of piperidine rings is 2. The van der Waals surface area contributed by atoms with E-state index in [9.17, 15) is 9.59 Å². The third kappa shape index (κ3) is 10.9. The summed E-state index contributed by atoms with van der Waals surface area (Å²) < 4.78 is 12.6. The molecule has 0 bridgehead atoms. The molecule has 1 unspecified atom stereocenters. The fraction of sp³-hybridized carbons (Fsp3) is 0.468. The van der Waals surface area contributed by atoms with E-state index < -0.39 is 0 Å². The molecule has 8 rings (SSSR count). The molecule has 4 aliphatic heterocycles. The van der Waals surface area contributed by atoms with Gasteiger partial charge in [-0.25, -0.2) is 0 Å². The third-order valence-electron chi connectivity index (χ3n) is 12.0. The van der Waals surface area contributed by atoms with E-state index in [-0.39, 0.29) is 29.1 Å². The van der Waals surface area contributed by atoms with Crippen molar-refractivity contribution in [1.29, 1.82) is 0 Å². The molecule has 2 amide bonds. The lowest BCUT2D eigenvalue weighted by Gasteiger charge is -2.49. The molecule has 4 fully saturated rings. The maximum Gasteiger partial charge on any atom is 0.272 e. The Bertz CT molecular complexity index is 1800. The van der Waals surface area contributed by atoms with E-state index in [1.165, 1.54) is 11.1 Å². The molecule has 9 nitrogen and oxygen atoms in total. The number of hydrogen-bond donors (Lipinski definition) is 0. The largest absolute Gasteiger partial charge is 0.371 e. The van der Waals surface area contributed by atoms with E-state index in [0.717, 1.165) is 89.9 Å². The second kappa shape index (κ2) is 19.2. The number of carbonyl (C=O) groups excluding carboxylic acids is 2. The Hall–Kier alpha value is -4.41. The van der Waals surface area contributed by atoms with Crippen molar-refractivity contribution >= 4 is 11.8 Å². The number of morpholine rings is 2. The van der Waals surface area contributed by atoms with Crippen LogP contribution in [0.1, 0.15) is 59.8 Å². The summed E-state index contributed by atoms with van der Waals surface area (Å²) in [6, 6.07) is 36.9. The molecule has 5 heterocycles. The van der Waals surface area contributed by atoms with Gasteiger partial charge in [-0.2, -0.15) is 0 Å². The fourth-order valence-electron chi connectivity index (χ4n) is 8.78. The summed E-state index contributed by atoms with van der Waals surface area (Å²) in [4.78, 5) is 38.9. The van der Waals surface area contributed by atoms with Gasteiger partial charge in [0.2, 0.25) is 5.91 Å². The van der Waals surface area contributed by atoms with Crippen LogP contribution in [0.25, 0.3) is 0 Å². The van der Waals surface area contributed by atoms with Gasteiger partial charge >= 0.3 is 0 Å². The first kappa shape index (κ1) is 39.8. The van der Waals surface area contributed by atoms with Crippen molar-refractivity contribution in [2.45, 2.75) is 69.2 Å². The minimum Gasteiger partial charge on any atom is -0.371 e. The Kier molecular flexibility index (Phi) is 13.6. The van der Waals surface area contributed by atoms with Crippen molar-refractivity contribution in [3.63, 3.8) is 0 Å². The van der Waals surface area contributed by atoms with Crippen LogP contribution in [-0.2, 0) is 33.5 Å². The van der Waals surface area contributed by atoms with Gasteiger partial charge in [-0.15, -0.1) is 0 Å². The molecule has 2 spiro atoms. The van der Waals surface area contributed by atoms with Crippen LogP contribution in [0.3, 0.4) is 0 Å². The minimum atomic E-state index is -0.217. The third-order valence-corrected chi connectivity index (χ3v) is 12.0. The summed E-state index contributed by atoms with van der Waals surface area (Å²) >= 11 is 0. The van der Waals surface area contributed by atoms with Crippen molar-refractivity contribution in [3.8, 4) is 0 Å². The Balaban J connectivity index is 0.000000172. The van der Waals surface area contributed by atoms with Crippen molar-refractivity contribution in [2.75, 3.05) is 72.1 Å². The van der Waals surface area contributed by atoms with Gasteiger partial charge in [-0.1, -0.05) is 97.1 Å². The van der Waals surface area contributed by atoms with Gasteiger partial charge < -0.3 is 29.1 Å². The number of benzene rings is 3. The SMILES string of the molecule is CC1CN(C(=O)c2ccccn2)CC2(CCN(CCc3ccccc3)CC2)O1.O=C(Cc1ccccc1)N1CCOC2(CCN(CCc3ccccc3)CC2)C1. The van der Waals surface area contributed by atoms with Crippen LogP contribution in [0.2, 0.25) is 0 Å². The molecule has 0 N–H and O–H groups in total. The molecule has 4 aromatic rings. The number of amides is 2. The molecular formula is C47H59N5O4. The molecule has 56 heavy (non-hydrogen) atoms. The van der Waals surface area contributed by atoms with Gasteiger partial charge in [0.05, 0.1) is 36.9 Å². The normalized spacial score (nSPS) is 21.0. The first-order chi connectivity index (χ1) is 27.4. The number of nitrogens with zero attached hydrogens (tertiary/aromatic N) is 5. The lowest BCUT2D eigenvalue weighted by molar-refractivity contribution is -0.161. The topological polar surface area (TPSA) is 78.5 Å². The number of likely N-dealkylation sites (tertiary alicyclic amines) is 2. The van der Waals surface area contributed by atoms with Crippen LogP contribution in [0.15, 0.2) is 115 Å². The Morgan fingerprint density at radius 3 is 1.71 bits per heavy atom. The van der Waals surface area contributed by atoms with Crippen molar-refractivity contribution in [3.05, 3.63) is 138 Å². The summed E-state index contributed by atoms with van der Waals surface area (Å²) in [5.74, 6) is 0.238. The molecule has 0 aliphatic carbocycles. The molecule has 296 valence electrons. The number of rotatable bonds is 9. The number of pyridine rings is 1. The van der Waals surface area contributed by atoms with E-state index in [1.54, 1.807) is 12.3 Å². The second-order valence-corrected chi connectivity index (χ2v) is 16.2. The van der Waals surface area contributed by atoms with Crippen LogP contribution in [0.5, 0.6) is 0 Å². The summed E-state index contributed by atoms with van der Waals surface area (Å²) in [5, 5.41) is 0. The van der Waals surface area contributed by atoms with Crippen molar-refractivity contribution in [2.24, 2.45) is 0 Å². The predicted molar refractivity (Wildman–Crippen MR) is 220 cm³/mol. The zero-order chi connectivity index (χ0) is 38.6. The van der Waals surface area contributed by atoms with Gasteiger partial charge in [0, 0.05) is 65.1 Å². The molecular weight excluding hydrogens is 699 g/mol. The maximum absolute atomic E-state index is 12.9. The van der Waals surface area contributed by atoms with Crippen LogP contribution < -0.4 is 0 Å². The number of aromatic nitrogens is 1. The number of hydrogen-bond acceptors (Lipinski definition) is 7. The monoisotopic (exact) mass is 757 g/mol. The highest BCUT2D eigenvalue weighted by Gasteiger charge is 2.44. The highest BCUT2D eigenvalue weighted by molar-refractivity contribution is 5.92. The number of carbonyl (C=O) groups is 2. The molecule has 4 saturated heterocycles. The molecule has 9 heteroatoms. The average Bonchev–Trinajstić information content (AvgIpc) is 3.24. The highest BCUT2D eigenvalue weighted by atomic mass is 16.5. The van der Waals surface area contributed by atoms with E-state index in [2.05, 4.69) is 82.4 Å². The van der Waals surface area contributed by atoms with E-state index in [1.807, 2.05) is 52.3 Å². The van der Waals surface area contributed by atoms with E-state index in [0.29, 0.717) is 38.4 Å². The molecule has 0 saturated carbocycles. The Morgan fingerprint density at radius 2 is 1.16 bits per heavy atom. The zero-order valence-corrected chi connectivity index (χ0v) is 33.1. The quantitative estimate of drug-likeness (QED) is 0.202. The highest BCUT2D eigenvalue weighted by Crippen LogP contribution is 2.33. The van der Waals surface area contributed by atoms with Crippen LogP contribution >= 0.6 is 0 Å². The molecule has 1 aromatic heterocycles. The summed E-state index contributed by atoms with van der Waals surface area (Å²) in [5.41, 5.74) is 4.03. The Morgan fingerprint density at radius 1 is 0.643 bits per heavy atom. The molecule has 4 aliphatic rings. The average molecular weight is 758 g/mol. The van der Waals surface area contributed by atoms with E-state index in [4.69, 9.17) is 9.47 Å². The zero-order valence-electron chi connectivity index (χ0n) is 33.1. The summed E-state index contributed by atoms with van der Waals surface area (Å²) in [6.07, 6.45) is 8.35. The van der Waals surface area contributed by atoms with Crippen molar-refractivity contribution < 1.29 is 19.1 Å². The smallest absolute Gasteiger partial charge is 0.272 e. The number of ether oxygens (including phenoxy) is 2. The van der Waals surface area contributed by atoms with Crippen molar-refractivity contribution in [1.82, 2.24) is 24.6 Å². The van der Waals surface area contributed by atoms with Gasteiger partial charge in [0.1, 0.15) is 5.69 Å². The Labute approximate surface area is 333 Å². The second-order valence-electron chi connectivity index (χ2n) is 16.2. The van der Waals surface area contributed by atoms with E-state index >= 15 is 0 Å². The standard InChI is InChI=1S/C24H30N2O2.C23H29N3O2/c27-23(19-22-9-5-2-6-10-22)26-17-18-28-24(20-26)12-15-25(16-13-24)14-11-21-7-3-1-4-8-21;1-19-17-26(22(27)21-9-5-6-13-24-21)18-23(28-19)11-15-25(16-12-23)14-10-20-7-3-2-4-8-20/h1-10H,11-20H2;2-9,13,19H,10-12,14-18H2,1H3. The molecule has 0 radical (unpaired) electrons. The van der Waals surface area contributed by atoms with Crippen LogP contribution in [0, 0.1) is 0 Å². The first-order valence-corrected chi connectivity index (χ1v) is 20.7. The first-order valence-electron chi connectivity index (χ1n) is 20.7.